The lowest BCUT2D eigenvalue weighted by atomic mass is 10.1. The molecule has 1 heteroatoms. The molecule has 0 bridgehead atoms. The van der Waals surface area contributed by atoms with Gasteiger partial charge in [-0.15, -0.1) is 0 Å². The first-order valence-corrected chi connectivity index (χ1v) is 4.98. The van der Waals surface area contributed by atoms with Gasteiger partial charge in [0.2, 0.25) is 0 Å². The Balaban J connectivity index is 2.63. The van der Waals surface area contributed by atoms with Crippen molar-refractivity contribution in [2.45, 2.75) is 26.3 Å². The molecule has 0 aliphatic carbocycles. The van der Waals surface area contributed by atoms with E-state index in [0.717, 1.165) is 0 Å². The smallest absolute Gasteiger partial charge is 0.177 e. The van der Waals surface area contributed by atoms with Crippen LogP contribution in [-0.2, 0) is 5.54 Å². The van der Waals surface area contributed by atoms with E-state index in [0.29, 0.717) is 0 Å². The molecule has 2 rings (SSSR count). The Morgan fingerprint density at radius 3 is 2.21 bits per heavy atom. The van der Waals surface area contributed by atoms with E-state index >= 15 is 0 Å². The lowest BCUT2D eigenvalue weighted by Crippen LogP contribution is -2.49. The Kier molecular flexibility index (Phi) is 2.03. The molecule has 14 heavy (non-hydrogen) atoms. The van der Waals surface area contributed by atoms with Gasteiger partial charge in [-0.2, -0.15) is 0 Å². The number of hydrogen-bond donors (Lipinski definition) is 0. The van der Waals surface area contributed by atoms with Crippen LogP contribution in [0, 0.1) is 0 Å². The van der Waals surface area contributed by atoms with Gasteiger partial charge in [-0.3, -0.25) is 0 Å². The average Bonchev–Trinajstić information content (AvgIpc) is 2.16. The van der Waals surface area contributed by atoms with Crippen LogP contribution in [0.25, 0.3) is 10.8 Å². The topological polar surface area (TPSA) is 3.88 Å². The Morgan fingerprint density at radius 1 is 0.929 bits per heavy atom. The molecule has 0 amide bonds. The van der Waals surface area contributed by atoms with Crippen molar-refractivity contribution < 1.29 is 4.57 Å². The zero-order valence-corrected chi connectivity index (χ0v) is 8.99. The fraction of sp³-hybridized carbons (Fsp3) is 0.308. The average molecular weight is 186 g/mol. The Hall–Kier alpha value is -1.37. The molecule has 0 atom stereocenters. The van der Waals surface area contributed by atoms with Gasteiger partial charge in [0.25, 0.3) is 0 Å². The number of rotatable bonds is 0. The fourth-order valence-electron chi connectivity index (χ4n) is 1.55. The Morgan fingerprint density at radius 2 is 1.57 bits per heavy atom. The molecule has 0 radical (unpaired) electrons. The molecule has 1 aromatic carbocycles. The summed E-state index contributed by atoms with van der Waals surface area (Å²) < 4.78 is 2.25. The van der Waals surface area contributed by atoms with E-state index in [9.17, 15) is 0 Å². The maximum atomic E-state index is 2.25. The number of aromatic nitrogens is 1. The van der Waals surface area contributed by atoms with Crippen LogP contribution in [0.2, 0.25) is 0 Å². The van der Waals surface area contributed by atoms with Gasteiger partial charge in [0.15, 0.2) is 17.9 Å². The van der Waals surface area contributed by atoms with Crippen molar-refractivity contribution >= 4 is 10.8 Å². The third-order valence-electron chi connectivity index (χ3n) is 2.46. The predicted molar refractivity (Wildman–Crippen MR) is 59.1 cm³/mol. The molecular formula is C13H16N+. The molecule has 0 saturated heterocycles. The van der Waals surface area contributed by atoms with Crippen molar-refractivity contribution in [3.05, 3.63) is 42.7 Å². The SMILES string of the molecule is CC(C)(C)[n+]1ccc2ccccc2c1. The Bertz CT molecular complexity index is 452. The summed E-state index contributed by atoms with van der Waals surface area (Å²) in [5, 5.41) is 2.60. The highest BCUT2D eigenvalue weighted by atomic mass is 15.0. The summed E-state index contributed by atoms with van der Waals surface area (Å²) >= 11 is 0. The monoisotopic (exact) mass is 186 g/mol. The first-order chi connectivity index (χ1) is 6.57. The van der Waals surface area contributed by atoms with E-state index in [1.165, 1.54) is 10.8 Å². The molecule has 2 aromatic rings. The number of benzene rings is 1. The van der Waals surface area contributed by atoms with Crippen LogP contribution in [-0.4, -0.2) is 0 Å². The third-order valence-corrected chi connectivity index (χ3v) is 2.46. The van der Waals surface area contributed by atoms with Crippen LogP contribution in [0.5, 0.6) is 0 Å². The minimum atomic E-state index is 0.157. The number of fused-ring (bicyclic) bond motifs is 1. The van der Waals surface area contributed by atoms with Crippen molar-refractivity contribution in [2.24, 2.45) is 0 Å². The number of pyridine rings is 1. The summed E-state index contributed by atoms with van der Waals surface area (Å²) in [6.07, 6.45) is 4.34. The molecule has 72 valence electrons. The van der Waals surface area contributed by atoms with Crippen molar-refractivity contribution in [1.29, 1.82) is 0 Å². The second-order valence-electron chi connectivity index (χ2n) is 4.65. The summed E-state index contributed by atoms with van der Waals surface area (Å²) in [6.45, 7) is 6.63. The normalized spacial score (nSPS) is 11.9. The van der Waals surface area contributed by atoms with Crippen molar-refractivity contribution in [1.82, 2.24) is 0 Å². The first kappa shape index (κ1) is 9.20. The molecule has 1 heterocycles. The highest BCUT2D eigenvalue weighted by Crippen LogP contribution is 2.12. The van der Waals surface area contributed by atoms with Gasteiger partial charge in [-0.25, -0.2) is 4.57 Å². The molecule has 0 unspecified atom stereocenters. The van der Waals surface area contributed by atoms with E-state index in [1.807, 2.05) is 0 Å². The van der Waals surface area contributed by atoms with E-state index in [1.54, 1.807) is 0 Å². The predicted octanol–water partition coefficient (Wildman–Crippen LogP) is 2.88. The minimum absolute atomic E-state index is 0.157. The summed E-state index contributed by atoms with van der Waals surface area (Å²) in [5.41, 5.74) is 0.157. The lowest BCUT2D eigenvalue weighted by Gasteiger charge is -2.12. The van der Waals surface area contributed by atoms with Crippen molar-refractivity contribution in [3.63, 3.8) is 0 Å². The molecule has 0 aliphatic rings. The van der Waals surface area contributed by atoms with E-state index in [-0.39, 0.29) is 5.54 Å². The summed E-state index contributed by atoms with van der Waals surface area (Å²) in [6, 6.07) is 10.6. The molecule has 0 spiro atoms. The van der Waals surface area contributed by atoms with Crippen LogP contribution in [0.15, 0.2) is 42.7 Å². The van der Waals surface area contributed by atoms with Gasteiger partial charge in [0, 0.05) is 32.2 Å². The second kappa shape index (κ2) is 3.09. The zero-order chi connectivity index (χ0) is 10.2. The van der Waals surface area contributed by atoms with Crippen LogP contribution in [0.4, 0.5) is 0 Å². The molecule has 1 aromatic heterocycles. The van der Waals surface area contributed by atoms with Crippen LogP contribution < -0.4 is 4.57 Å². The van der Waals surface area contributed by atoms with Gasteiger partial charge in [-0.1, -0.05) is 18.2 Å². The Labute approximate surface area is 85.0 Å². The summed E-state index contributed by atoms with van der Waals surface area (Å²) in [7, 11) is 0. The summed E-state index contributed by atoms with van der Waals surface area (Å²) in [4.78, 5) is 0. The maximum Gasteiger partial charge on any atom is 0.177 e. The number of nitrogens with zero attached hydrogens (tertiary/aromatic N) is 1. The van der Waals surface area contributed by atoms with Crippen LogP contribution in [0.1, 0.15) is 20.8 Å². The van der Waals surface area contributed by atoms with Gasteiger partial charge in [0.05, 0.1) is 0 Å². The molecule has 0 saturated carbocycles. The highest BCUT2D eigenvalue weighted by molar-refractivity contribution is 5.80. The zero-order valence-electron chi connectivity index (χ0n) is 8.99. The molecule has 0 N–H and O–H groups in total. The molecule has 0 fully saturated rings. The van der Waals surface area contributed by atoms with Crippen LogP contribution in [0.3, 0.4) is 0 Å². The highest BCUT2D eigenvalue weighted by Gasteiger charge is 2.20. The molecular weight excluding hydrogens is 170 g/mol. The van der Waals surface area contributed by atoms with Gasteiger partial charge < -0.3 is 0 Å². The summed E-state index contributed by atoms with van der Waals surface area (Å²) in [5.74, 6) is 0. The van der Waals surface area contributed by atoms with E-state index < -0.39 is 0 Å². The molecule has 0 aliphatic heterocycles. The van der Waals surface area contributed by atoms with Gasteiger partial charge in [-0.05, 0) is 11.5 Å². The van der Waals surface area contributed by atoms with Gasteiger partial charge in [0.1, 0.15) is 0 Å². The quantitative estimate of drug-likeness (QED) is 0.557. The molecule has 1 nitrogen and oxygen atoms in total. The minimum Gasteiger partial charge on any atom is -0.200 e. The van der Waals surface area contributed by atoms with Crippen molar-refractivity contribution in [2.75, 3.05) is 0 Å². The third kappa shape index (κ3) is 1.63. The number of hydrogen-bond acceptors (Lipinski definition) is 0. The first-order valence-electron chi connectivity index (χ1n) is 4.98. The van der Waals surface area contributed by atoms with Crippen LogP contribution >= 0.6 is 0 Å². The van der Waals surface area contributed by atoms with E-state index in [4.69, 9.17) is 0 Å². The lowest BCUT2D eigenvalue weighted by molar-refractivity contribution is -0.752. The van der Waals surface area contributed by atoms with E-state index in [2.05, 4.69) is 68.1 Å². The standard InChI is InChI=1S/C13H16N/c1-13(2,3)14-9-8-11-6-4-5-7-12(11)10-14/h4-10H,1-3H3/q+1. The fourth-order valence-corrected chi connectivity index (χ4v) is 1.55. The second-order valence-corrected chi connectivity index (χ2v) is 4.65. The maximum absolute atomic E-state index is 2.25. The van der Waals surface area contributed by atoms with Gasteiger partial charge >= 0.3 is 0 Å². The van der Waals surface area contributed by atoms with Crippen molar-refractivity contribution in [3.8, 4) is 0 Å². The largest absolute Gasteiger partial charge is 0.200 e.